The summed E-state index contributed by atoms with van der Waals surface area (Å²) in [6, 6.07) is 0.451. The largest absolute Gasteiger partial charge is 0.338 e. The number of hydrogen-bond donors (Lipinski definition) is 0. The van der Waals surface area contributed by atoms with Crippen LogP contribution < -0.4 is 0 Å². The van der Waals surface area contributed by atoms with Crippen LogP contribution in [0.2, 0.25) is 0 Å². The molecule has 2 saturated heterocycles. The zero-order valence-electron chi connectivity index (χ0n) is 8.95. The van der Waals surface area contributed by atoms with Crippen molar-refractivity contribution >= 4 is 33.6 Å². The highest BCUT2D eigenvalue weighted by Gasteiger charge is 2.32. The van der Waals surface area contributed by atoms with Gasteiger partial charge in [-0.1, -0.05) is 15.9 Å². The summed E-state index contributed by atoms with van der Waals surface area (Å²) in [7, 11) is 0. The zero-order chi connectivity index (χ0) is 10.7. The van der Waals surface area contributed by atoms with Gasteiger partial charge < -0.3 is 4.90 Å². The number of alkyl halides is 1. The summed E-state index contributed by atoms with van der Waals surface area (Å²) in [5.74, 6) is 1.57. The van der Waals surface area contributed by atoms with E-state index >= 15 is 0 Å². The molecule has 1 amide bonds. The molecule has 2 unspecified atom stereocenters. The summed E-state index contributed by atoms with van der Waals surface area (Å²) in [6.45, 7) is 0.978. The number of halogens is 1. The normalized spacial score (nSPS) is 31.9. The quantitative estimate of drug-likeness (QED) is 0.729. The van der Waals surface area contributed by atoms with Crippen LogP contribution in [0.5, 0.6) is 0 Å². The lowest BCUT2D eigenvalue weighted by Gasteiger charge is -2.36. The highest BCUT2D eigenvalue weighted by molar-refractivity contribution is 9.09. The van der Waals surface area contributed by atoms with Gasteiger partial charge in [0.1, 0.15) is 0 Å². The molecule has 0 aliphatic carbocycles. The predicted octanol–water partition coefficient (Wildman–Crippen LogP) is 2.66. The second kappa shape index (κ2) is 5.58. The molecule has 0 bridgehead atoms. The van der Waals surface area contributed by atoms with Gasteiger partial charge in [-0.05, 0) is 37.9 Å². The Morgan fingerprint density at radius 2 is 2.20 bits per heavy atom. The van der Waals surface area contributed by atoms with E-state index in [2.05, 4.69) is 20.8 Å². The second-order valence-electron chi connectivity index (χ2n) is 4.34. The van der Waals surface area contributed by atoms with Crippen LogP contribution in [0.15, 0.2) is 0 Å². The highest BCUT2D eigenvalue weighted by Crippen LogP contribution is 2.30. The van der Waals surface area contributed by atoms with E-state index in [1.54, 1.807) is 0 Å². The summed E-state index contributed by atoms with van der Waals surface area (Å²) >= 11 is 5.38. The van der Waals surface area contributed by atoms with Crippen molar-refractivity contribution in [2.24, 2.45) is 0 Å². The fourth-order valence-corrected chi connectivity index (χ4v) is 4.31. The maximum Gasteiger partial charge on any atom is 0.235 e. The molecule has 0 spiro atoms. The van der Waals surface area contributed by atoms with Crippen molar-refractivity contribution < 1.29 is 4.79 Å². The lowest BCUT2D eigenvalue weighted by Crippen LogP contribution is -2.47. The maximum atomic E-state index is 12.3. The van der Waals surface area contributed by atoms with E-state index in [4.69, 9.17) is 0 Å². The van der Waals surface area contributed by atoms with Gasteiger partial charge in [0.05, 0.1) is 5.25 Å². The van der Waals surface area contributed by atoms with Crippen LogP contribution in [-0.4, -0.2) is 39.7 Å². The first-order valence-corrected chi connectivity index (χ1v) is 7.98. The van der Waals surface area contributed by atoms with Crippen LogP contribution in [0, 0.1) is 0 Å². The third kappa shape index (κ3) is 2.70. The van der Waals surface area contributed by atoms with Crippen molar-refractivity contribution in [2.45, 2.75) is 43.4 Å². The van der Waals surface area contributed by atoms with Crippen LogP contribution in [0.25, 0.3) is 0 Å². The van der Waals surface area contributed by atoms with Gasteiger partial charge in [-0.25, -0.2) is 0 Å². The lowest BCUT2D eigenvalue weighted by atomic mass is 10.0. The number of carbonyl (C=O) groups is 1. The first-order chi connectivity index (χ1) is 7.33. The Bertz CT molecular complexity index is 231. The summed E-state index contributed by atoms with van der Waals surface area (Å²) in [4.78, 5) is 14.4. The molecule has 2 aliphatic rings. The SMILES string of the molecule is O=C(C1CCCS1)N1CCCCC1CBr. The number of hydrogen-bond acceptors (Lipinski definition) is 2. The molecule has 0 saturated carbocycles. The monoisotopic (exact) mass is 291 g/mol. The van der Waals surface area contributed by atoms with Gasteiger partial charge in [-0.3, -0.25) is 4.79 Å². The van der Waals surface area contributed by atoms with E-state index < -0.39 is 0 Å². The van der Waals surface area contributed by atoms with Crippen LogP contribution in [-0.2, 0) is 4.79 Å². The van der Waals surface area contributed by atoms with Gasteiger partial charge in [-0.15, -0.1) is 11.8 Å². The number of amides is 1. The molecule has 4 heteroatoms. The van der Waals surface area contributed by atoms with E-state index in [0.29, 0.717) is 11.9 Å². The molecule has 2 rings (SSSR count). The van der Waals surface area contributed by atoms with Gasteiger partial charge in [0.15, 0.2) is 0 Å². The van der Waals surface area contributed by atoms with Crippen molar-refractivity contribution in [3.8, 4) is 0 Å². The summed E-state index contributed by atoms with van der Waals surface area (Å²) < 4.78 is 0. The molecular weight excluding hydrogens is 274 g/mol. The maximum absolute atomic E-state index is 12.3. The Labute approximate surface area is 104 Å². The van der Waals surface area contributed by atoms with E-state index in [0.717, 1.165) is 18.3 Å². The molecular formula is C11H18BrNOS. The van der Waals surface area contributed by atoms with Gasteiger partial charge >= 0.3 is 0 Å². The molecule has 2 fully saturated rings. The number of piperidine rings is 1. The smallest absolute Gasteiger partial charge is 0.235 e. The molecule has 15 heavy (non-hydrogen) atoms. The molecule has 2 heterocycles. The summed E-state index contributed by atoms with van der Waals surface area (Å²) in [6.07, 6.45) is 5.95. The Hall–Kier alpha value is 0.300. The molecule has 0 radical (unpaired) electrons. The number of rotatable bonds is 2. The summed E-state index contributed by atoms with van der Waals surface area (Å²) in [5.41, 5.74) is 0. The van der Waals surface area contributed by atoms with Crippen molar-refractivity contribution in [1.29, 1.82) is 0 Å². The Kier molecular flexibility index (Phi) is 4.38. The van der Waals surface area contributed by atoms with Crippen molar-refractivity contribution in [2.75, 3.05) is 17.6 Å². The fraction of sp³-hybridized carbons (Fsp3) is 0.909. The number of nitrogens with zero attached hydrogens (tertiary/aromatic N) is 1. The first-order valence-electron chi connectivity index (χ1n) is 5.81. The van der Waals surface area contributed by atoms with Gasteiger partial charge in [0.2, 0.25) is 5.91 Å². The number of carbonyl (C=O) groups excluding carboxylic acids is 1. The van der Waals surface area contributed by atoms with E-state index in [9.17, 15) is 4.79 Å². The fourth-order valence-electron chi connectivity index (χ4n) is 2.41. The van der Waals surface area contributed by atoms with Crippen LogP contribution >= 0.6 is 27.7 Å². The van der Waals surface area contributed by atoms with Gasteiger partial charge in [0.25, 0.3) is 0 Å². The first kappa shape index (κ1) is 11.8. The average molecular weight is 292 g/mol. The minimum absolute atomic E-state index is 0.268. The van der Waals surface area contributed by atoms with Crippen molar-refractivity contribution in [1.82, 2.24) is 4.90 Å². The topological polar surface area (TPSA) is 20.3 Å². The molecule has 2 nitrogen and oxygen atoms in total. The van der Waals surface area contributed by atoms with Crippen molar-refractivity contribution in [3.63, 3.8) is 0 Å². The highest BCUT2D eigenvalue weighted by atomic mass is 79.9. The van der Waals surface area contributed by atoms with E-state index in [1.165, 1.54) is 31.4 Å². The molecule has 0 aromatic carbocycles. The zero-order valence-corrected chi connectivity index (χ0v) is 11.4. The van der Waals surface area contributed by atoms with E-state index in [-0.39, 0.29) is 5.25 Å². The Morgan fingerprint density at radius 3 is 2.87 bits per heavy atom. The summed E-state index contributed by atoms with van der Waals surface area (Å²) in [5, 5.41) is 1.21. The van der Waals surface area contributed by atoms with Gasteiger partial charge in [-0.2, -0.15) is 0 Å². The molecule has 0 aromatic rings. The molecule has 86 valence electrons. The van der Waals surface area contributed by atoms with Crippen LogP contribution in [0.1, 0.15) is 32.1 Å². The minimum atomic E-state index is 0.268. The third-order valence-corrected chi connectivity index (χ3v) is 5.40. The van der Waals surface area contributed by atoms with Crippen LogP contribution in [0.3, 0.4) is 0 Å². The Morgan fingerprint density at radius 1 is 1.33 bits per heavy atom. The average Bonchev–Trinajstić information content (AvgIpc) is 2.81. The molecule has 2 atom stereocenters. The minimum Gasteiger partial charge on any atom is -0.338 e. The molecule has 0 N–H and O–H groups in total. The standard InChI is InChI=1S/C11H18BrNOS/c12-8-9-4-1-2-6-13(9)11(14)10-5-3-7-15-10/h9-10H,1-8H2. The Balaban J connectivity index is 1.96. The molecule has 2 aliphatic heterocycles. The second-order valence-corrected chi connectivity index (χ2v) is 6.30. The van der Waals surface area contributed by atoms with Crippen molar-refractivity contribution in [3.05, 3.63) is 0 Å². The third-order valence-electron chi connectivity index (χ3n) is 3.29. The van der Waals surface area contributed by atoms with E-state index in [1.807, 2.05) is 11.8 Å². The predicted molar refractivity (Wildman–Crippen MR) is 68.6 cm³/mol. The van der Waals surface area contributed by atoms with Crippen LogP contribution in [0.4, 0.5) is 0 Å². The molecule has 0 aromatic heterocycles. The lowest BCUT2D eigenvalue weighted by molar-refractivity contribution is -0.133. The number of thioether (sulfide) groups is 1. The van der Waals surface area contributed by atoms with Gasteiger partial charge in [0, 0.05) is 17.9 Å². The number of likely N-dealkylation sites (tertiary alicyclic amines) is 1.